The van der Waals surface area contributed by atoms with Crippen molar-refractivity contribution in [3.8, 4) is 0 Å². The van der Waals surface area contributed by atoms with E-state index in [2.05, 4.69) is 14.6 Å². The highest BCUT2D eigenvalue weighted by atomic mass is 32.1. The lowest BCUT2D eigenvalue weighted by molar-refractivity contribution is 0.0996. The summed E-state index contributed by atoms with van der Waals surface area (Å²) < 4.78 is 4.93. The summed E-state index contributed by atoms with van der Waals surface area (Å²) in [4.78, 5) is 19.1. The number of fused-ring (bicyclic) bond motifs is 1. The first-order chi connectivity index (χ1) is 9.70. The van der Waals surface area contributed by atoms with Crippen LogP contribution < -0.4 is 4.90 Å². The first-order valence-electron chi connectivity index (χ1n) is 6.15. The lowest BCUT2D eigenvalue weighted by Gasteiger charge is -2.12. The minimum absolute atomic E-state index is 0.101. The van der Waals surface area contributed by atoms with Crippen molar-refractivity contribution >= 4 is 44.1 Å². The molecule has 0 radical (unpaired) electrons. The Balaban J connectivity index is 1.95. The fourth-order valence-electron chi connectivity index (χ4n) is 1.85. The van der Waals surface area contributed by atoms with Crippen LogP contribution in [0.1, 0.15) is 22.3 Å². The molecule has 3 aromatic rings. The molecule has 5 nitrogen and oxygen atoms in total. The molecule has 102 valence electrons. The molecular formula is C13H12N4OS2. The Morgan fingerprint density at radius 1 is 1.35 bits per heavy atom. The number of para-hydroxylation sites is 1. The second-order valence-corrected chi connectivity index (χ2v) is 5.99. The first-order valence-corrected chi connectivity index (χ1v) is 7.74. The van der Waals surface area contributed by atoms with Crippen LogP contribution in [0.3, 0.4) is 0 Å². The zero-order chi connectivity index (χ0) is 14.1. The van der Waals surface area contributed by atoms with Gasteiger partial charge in [-0.25, -0.2) is 4.98 Å². The van der Waals surface area contributed by atoms with Crippen molar-refractivity contribution in [1.82, 2.24) is 14.6 Å². The average molecular weight is 304 g/mol. The SMILES string of the molecule is CCc1nnsc1C(=O)N(C)c1nc2ccccc2s1. The smallest absolute Gasteiger partial charge is 0.273 e. The maximum absolute atomic E-state index is 12.5. The summed E-state index contributed by atoms with van der Waals surface area (Å²) in [6, 6.07) is 7.85. The number of rotatable bonds is 3. The normalized spacial score (nSPS) is 10.9. The van der Waals surface area contributed by atoms with Gasteiger partial charge >= 0.3 is 0 Å². The van der Waals surface area contributed by atoms with Crippen LogP contribution in [0, 0.1) is 0 Å². The molecule has 0 bridgehead atoms. The van der Waals surface area contributed by atoms with Crippen molar-refractivity contribution in [2.24, 2.45) is 0 Å². The Bertz CT molecular complexity index is 731. The molecule has 1 aromatic carbocycles. The molecule has 0 unspecified atom stereocenters. The number of benzene rings is 1. The van der Waals surface area contributed by atoms with Gasteiger partial charge in [-0.15, -0.1) is 5.10 Å². The highest BCUT2D eigenvalue weighted by molar-refractivity contribution is 7.22. The number of aromatic nitrogens is 3. The molecule has 0 spiro atoms. The van der Waals surface area contributed by atoms with E-state index >= 15 is 0 Å². The molecule has 3 rings (SSSR count). The standard InChI is InChI=1S/C13H12N4OS2/c1-3-8-11(20-16-15-8)12(18)17(2)13-14-9-6-4-5-7-10(9)19-13/h4-7H,3H2,1-2H3. The summed E-state index contributed by atoms with van der Waals surface area (Å²) in [5.74, 6) is -0.101. The van der Waals surface area contributed by atoms with Crippen molar-refractivity contribution in [3.63, 3.8) is 0 Å². The van der Waals surface area contributed by atoms with Crippen molar-refractivity contribution in [2.75, 3.05) is 11.9 Å². The van der Waals surface area contributed by atoms with Crippen LogP contribution >= 0.6 is 22.9 Å². The van der Waals surface area contributed by atoms with Gasteiger partial charge in [0.05, 0.1) is 15.9 Å². The topological polar surface area (TPSA) is 59.0 Å². The minimum atomic E-state index is -0.101. The van der Waals surface area contributed by atoms with Crippen LogP contribution in [0.5, 0.6) is 0 Å². The molecule has 0 N–H and O–H groups in total. The maximum Gasteiger partial charge on any atom is 0.273 e. The molecule has 2 aromatic heterocycles. The van der Waals surface area contributed by atoms with E-state index in [0.29, 0.717) is 16.4 Å². The second kappa shape index (κ2) is 5.26. The van der Waals surface area contributed by atoms with Crippen LogP contribution in [-0.2, 0) is 6.42 Å². The molecule has 2 heterocycles. The first kappa shape index (κ1) is 13.1. The van der Waals surface area contributed by atoms with Gasteiger partial charge in [0.1, 0.15) is 4.88 Å². The highest BCUT2D eigenvalue weighted by Crippen LogP contribution is 2.29. The number of carbonyl (C=O) groups excluding carboxylic acids is 1. The van der Waals surface area contributed by atoms with Gasteiger partial charge in [-0.05, 0) is 30.1 Å². The van der Waals surface area contributed by atoms with E-state index in [1.54, 1.807) is 11.9 Å². The summed E-state index contributed by atoms with van der Waals surface area (Å²) in [6.45, 7) is 1.96. The highest BCUT2D eigenvalue weighted by Gasteiger charge is 2.22. The zero-order valence-corrected chi connectivity index (χ0v) is 12.7. The molecule has 0 aliphatic rings. The number of hydrogen-bond acceptors (Lipinski definition) is 6. The molecule has 1 amide bonds. The lowest BCUT2D eigenvalue weighted by Crippen LogP contribution is -2.26. The lowest BCUT2D eigenvalue weighted by atomic mass is 10.3. The summed E-state index contributed by atoms with van der Waals surface area (Å²) in [5, 5.41) is 4.67. The fourth-order valence-corrected chi connectivity index (χ4v) is 3.50. The average Bonchev–Trinajstić information content (AvgIpc) is 3.11. The summed E-state index contributed by atoms with van der Waals surface area (Å²) in [6.07, 6.45) is 0.700. The molecule has 0 aliphatic carbocycles. The van der Waals surface area contributed by atoms with Crippen molar-refractivity contribution in [1.29, 1.82) is 0 Å². The van der Waals surface area contributed by atoms with Gasteiger partial charge in [-0.2, -0.15) is 0 Å². The van der Waals surface area contributed by atoms with E-state index in [1.165, 1.54) is 11.3 Å². The number of hydrogen-bond donors (Lipinski definition) is 0. The Morgan fingerprint density at radius 3 is 2.90 bits per heavy atom. The number of amides is 1. The van der Waals surface area contributed by atoms with E-state index in [-0.39, 0.29) is 5.91 Å². The van der Waals surface area contributed by atoms with Crippen molar-refractivity contribution in [2.45, 2.75) is 13.3 Å². The molecule has 0 saturated carbocycles. The van der Waals surface area contributed by atoms with Gasteiger partial charge in [-0.3, -0.25) is 9.69 Å². The van der Waals surface area contributed by atoms with Crippen LogP contribution in [0.25, 0.3) is 10.2 Å². The Labute approximate surface area is 124 Å². The predicted molar refractivity (Wildman–Crippen MR) is 81.6 cm³/mol. The fraction of sp³-hybridized carbons (Fsp3) is 0.231. The van der Waals surface area contributed by atoms with E-state index in [9.17, 15) is 4.79 Å². The van der Waals surface area contributed by atoms with E-state index in [4.69, 9.17) is 0 Å². The number of thiazole rings is 1. The number of nitrogens with zero attached hydrogens (tertiary/aromatic N) is 4. The summed E-state index contributed by atoms with van der Waals surface area (Å²) in [7, 11) is 1.74. The Kier molecular flexibility index (Phi) is 3.45. The van der Waals surface area contributed by atoms with Crippen LogP contribution in [-0.4, -0.2) is 27.5 Å². The number of aryl methyl sites for hydroxylation is 1. The van der Waals surface area contributed by atoms with Crippen molar-refractivity contribution < 1.29 is 4.79 Å². The van der Waals surface area contributed by atoms with Gasteiger partial charge in [0.25, 0.3) is 5.91 Å². The van der Waals surface area contributed by atoms with Crippen LogP contribution in [0.2, 0.25) is 0 Å². The third kappa shape index (κ3) is 2.19. The minimum Gasteiger partial charge on any atom is -0.286 e. The van der Waals surface area contributed by atoms with Gasteiger partial charge in [0.2, 0.25) is 0 Å². The summed E-state index contributed by atoms with van der Waals surface area (Å²) in [5.41, 5.74) is 1.65. The predicted octanol–water partition coefficient (Wildman–Crippen LogP) is 2.99. The summed E-state index contributed by atoms with van der Waals surface area (Å²) >= 11 is 2.64. The van der Waals surface area contributed by atoms with E-state index in [1.807, 2.05) is 31.2 Å². The van der Waals surface area contributed by atoms with Crippen molar-refractivity contribution in [3.05, 3.63) is 34.8 Å². The zero-order valence-electron chi connectivity index (χ0n) is 11.0. The molecule has 0 aliphatic heterocycles. The molecule has 0 saturated heterocycles. The Hall–Kier alpha value is -1.86. The Morgan fingerprint density at radius 2 is 2.15 bits per heavy atom. The molecular weight excluding hydrogens is 292 g/mol. The second-order valence-electron chi connectivity index (χ2n) is 4.23. The van der Waals surface area contributed by atoms with Gasteiger partial charge in [-0.1, -0.05) is 34.9 Å². The quantitative estimate of drug-likeness (QED) is 0.746. The van der Waals surface area contributed by atoms with Gasteiger partial charge in [0, 0.05) is 7.05 Å². The van der Waals surface area contributed by atoms with Gasteiger partial charge in [0.15, 0.2) is 5.13 Å². The molecule has 0 atom stereocenters. The third-order valence-electron chi connectivity index (χ3n) is 2.96. The van der Waals surface area contributed by atoms with Crippen LogP contribution in [0.4, 0.5) is 5.13 Å². The number of anilines is 1. The number of carbonyl (C=O) groups is 1. The molecule has 0 fully saturated rings. The van der Waals surface area contributed by atoms with E-state index in [0.717, 1.165) is 27.4 Å². The molecule has 7 heteroatoms. The van der Waals surface area contributed by atoms with Crippen LogP contribution in [0.15, 0.2) is 24.3 Å². The molecule has 20 heavy (non-hydrogen) atoms. The third-order valence-corrected chi connectivity index (χ3v) is 4.83. The maximum atomic E-state index is 12.5. The van der Waals surface area contributed by atoms with Gasteiger partial charge < -0.3 is 0 Å². The van der Waals surface area contributed by atoms with E-state index < -0.39 is 0 Å². The monoisotopic (exact) mass is 304 g/mol. The largest absolute Gasteiger partial charge is 0.286 e.